The summed E-state index contributed by atoms with van der Waals surface area (Å²) in [5.41, 5.74) is 9.75. The fourth-order valence-corrected chi connectivity index (χ4v) is 9.41. The first kappa shape index (κ1) is 30.0. The minimum atomic E-state index is 0.869. The molecule has 11 aromatic rings. The molecule has 0 amide bonds. The van der Waals surface area contributed by atoms with E-state index in [0.717, 1.165) is 44.6 Å². The van der Waals surface area contributed by atoms with Crippen LogP contribution in [0, 0.1) is 0 Å². The fraction of sp³-hybridized carbons (Fsp3) is 0. The van der Waals surface area contributed by atoms with E-state index in [2.05, 4.69) is 181 Å². The van der Waals surface area contributed by atoms with E-state index in [1.165, 1.54) is 58.4 Å². The zero-order valence-corrected chi connectivity index (χ0v) is 29.5. The fourth-order valence-electron chi connectivity index (χ4n) is 8.17. The van der Waals surface area contributed by atoms with Crippen molar-refractivity contribution < 1.29 is 4.42 Å². The molecule has 3 heteroatoms. The Morgan fingerprint density at radius 3 is 1.94 bits per heavy atom. The third-order valence-electron chi connectivity index (χ3n) is 10.6. The second kappa shape index (κ2) is 11.9. The summed E-state index contributed by atoms with van der Waals surface area (Å²) in [6.45, 7) is 0. The largest absolute Gasteiger partial charge is 0.456 e. The minimum Gasteiger partial charge on any atom is -0.456 e. The lowest BCUT2D eigenvalue weighted by Gasteiger charge is -2.28. The van der Waals surface area contributed by atoms with E-state index in [4.69, 9.17) is 4.42 Å². The molecule has 0 aliphatic rings. The molecule has 0 aliphatic heterocycles. The average Bonchev–Trinajstić information content (AvgIpc) is 3.79. The summed E-state index contributed by atoms with van der Waals surface area (Å²) in [5, 5.41) is 9.70. The van der Waals surface area contributed by atoms with Gasteiger partial charge in [0.25, 0.3) is 0 Å². The maximum absolute atomic E-state index is 6.51. The van der Waals surface area contributed by atoms with E-state index in [0.29, 0.717) is 0 Å². The Hall–Kier alpha value is -6.68. The van der Waals surface area contributed by atoms with Crippen LogP contribution >= 0.6 is 11.3 Å². The Bertz CT molecular complexity index is 3190. The number of nitrogens with zero attached hydrogens (tertiary/aromatic N) is 1. The predicted octanol–water partition coefficient (Wildman–Crippen LogP) is 15.1. The first-order valence-corrected chi connectivity index (χ1v) is 18.8. The van der Waals surface area contributed by atoms with E-state index >= 15 is 0 Å². The molecule has 53 heavy (non-hydrogen) atoms. The minimum absolute atomic E-state index is 0.869. The van der Waals surface area contributed by atoms with E-state index < -0.39 is 0 Å². The van der Waals surface area contributed by atoms with Gasteiger partial charge < -0.3 is 9.32 Å². The van der Waals surface area contributed by atoms with Gasteiger partial charge in [-0.2, -0.15) is 0 Å². The van der Waals surface area contributed by atoms with Gasteiger partial charge >= 0.3 is 0 Å². The molecule has 0 unspecified atom stereocenters. The summed E-state index contributed by atoms with van der Waals surface area (Å²) in [7, 11) is 0. The molecule has 0 aliphatic carbocycles. The van der Waals surface area contributed by atoms with Gasteiger partial charge in [-0.3, -0.25) is 0 Å². The maximum Gasteiger partial charge on any atom is 0.137 e. The first-order chi connectivity index (χ1) is 26.3. The molecule has 2 nitrogen and oxygen atoms in total. The molecule has 248 valence electrons. The van der Waals surface area contributed by atoms with Gasteiger partial charge in [-0.25, -0.2) is 0 Å². The molecule has 2 heterocycles. The number of para-hydroxylation sites is 1. The summed E-state index contributed by atoms with van der Waals surface area (Å²) in [6.07, 6.45) is 0. The summed E-state index contributed by atoms with van der Waals surface area (Å²) in [5.74, 6) is 0. The Morgan fingerprint density at radius 1 is 0.377 bits per heavy atom. The monoisotopic (exact) mass is 693 g/mol. The van der Waals surface area contributed by atoms with Gasteiger partial charge in [0.2, 0.25) is 0 Å². The molecule has 2 aromatic heterocycles. The zero-order valence-electron chi connectivity index (χ0n) is 28.7. The SMILES string of the molecule is c1ccc(-c2cc(-c3cccc4c3sc3ccccc34)cc(N(c3ccc4c(c3)oc3ccccc34)c3cc4ccccc4c4ccccc34)c2)cc1. The Kier molecular flexibility index (Phi) is 6.76. The lowest BCUT2D eigenvalue weighted by atomic mass is 9.95. The van der Waals surface area contributed by atoms with Gasteiger partial charge in [-0.15, -0.1) is 11.3 Å². The topological polar surface area (TPSA) is 16.4 Å². The van der Waals surface area contributed by atoms with Crippen molar-refractivity contribution in [1.82, 2.24) is 0 Å². The third kappa shape index (κ3) is 4.86. The second-order valence-electron chi connectivity index (χ2n) is 13.7. The number of hydrogen-bond donors (Lipinski definition) is 0. The highest BCUT2D eigenvalue weighted by molar-refractivity contribution is 7.26. The van der Waals surface area contributed by atoms with Crippen LogP contribution in [0.1, 0.15) is 0 Å². The van der Waals surface area contributed by atoms with Crippen LogP contribution < -0.4 is 4.90 Å². The Balaban J connectivity index is 1.23. The number of hydrogen-bond acceptors (Lipinski definition) is 3. The first-order valence-electron chi connectivity index (χ1n) is 18.0. The number of benzene rings is 9. The molecule has 0 saturated heterocycles. The highest BCUT2D eigenvalue weighted by Gasteiger charge is 2.21. The molecule has 0 radical (unpaired) electrons. The summed E-state index contributed by atoms with van der Waals surface area (Å²) in [4.78, 5) is 2.43. The van der Waals surface area contributed by atoms with Crippen LogP contribution in [-0.4, -0.2) is 0 Å². The van der Waals surface area contributed by atoms with Crippen LogP contribution in [0.2, 0.25) is 0 Å². The van der Waals surface area contributed by atoms with Crippen molar-refractivity contribution in [3.8, 4) is 22.3 Å². The van der Waals surface area contributed by atoms with Crippen LogP contribution in [0.25, 0.3) is 85.9 Å². The van der Waals surface area contributed by atoms with Crippen LogP contribution in [0.15, 0.2) is 192 Å². The second-order valence-corrected chi connectivity index (χ2v) is 14.7. The number of furan rings is 1. The molecular formula is C50H31NOS. The molecule has 0 atom stereocenters. The number of fused-ring (bicyclic) bond motifs is 9. The van der Waals surface area contributed by atoms with Crippen LogP contribution in [-0.2, 0) is 0 Å². The lowest BCUT2D eigenvalue weighted by Crippen LogP contribution is -2.11. The van der Waals surface area contributed by atoms with Gasteiger partial charge in [0.05, 0.1) is 5.69 Å². The van der Waals surface area contributed by atoms with Gasteiger partial charge in [0, 0.05) is 53.8 Å². The van der Waals surface area contributed by atoms with Crippen LogP contribution in [0.4, 0.5) is 17.1 Å². The molecule has 0 bridgehead atoms. The van der Waals surface area contributed by atoms with E-state index in [-0.39, 0.29) is 0 Å². The standard InChI is InChI=1S/C50H31NOS/c1-2-13-32(14-3-1)34-27-35(39-21-12-22-45-44-20-9-11-24-49(44)53-50(39)45)29-37(28-34)51(36-25-26-43-42-19-8-10-23-47(42)52-48(43)31-36)46-30-33-15-4-5-16-38(33)40-17-6-7-18-41(40)46/h1-31H. The van der Waals surface area contributed by atoms with Crippen molar-refractivity contribution in [1.29, 1.82) is 0 Å². The van der Waals surface area contributed by atoms with Crippen molar-refractivity contribution in [2.24, 2.45) is 0 Å². The van der Waals surface area contributed by atoms with Gasteiger partial charge in [0.1, 0.15) is 11.2 Å². The molecule has 11 rings (SSSR count). The van der Waals surface area contributed by atoms with Crippen LogP contribution in [0.3, 0.4) is 0 Å². The highest BCUT2D eigenvalue weighted by atomic mass is 32.1. The van der Waals surface area contributed by atoms with E-state index in [1.807, 2.05) is 23.5 Å². The number of anilines is 3. The normalized spacial score (nSPS) is 11.8. The van der Waals surface area contributed by atoms with Crippen molar-refractivity contribution in [2.45, 2.75) is 0 Å². The van der Waals surface area contributed by atoms with Gasteiger partial charge in [-0.05, 0) is 86.9 Å². The molecule has 0 spiro atoms. The number of rotatable bonds is 5. The van der Waals surface area contributed by atoms with Crippen LogP contribution in [0.5, 0.6) is 0 Å². The predicted molar refractivity (Wildman–Crippen MR) is 227 cm³/mol. The average molecular weight is 694 g/mol. The Labute approximate surface area is 310 Å². The lowest BCUT2D eigenvalue weighted by molar-refractivity contribution is 0.669. The summed E-state index contributed by atoms with van der Waals surface area (Å²) in [6, 6.07) is 68.1. The van der Waals surface area contributed by atoms with Crippen molar-refractivity contribution in [3.63, 3.8) is 0 Å². The van der Waals surface area contributed by atoms with Gasteiger partial charge in [-0.1, -0.05) is 133 Å². The van der Waals surface area contributed by atoms with E-state index in [9.17, 15) is 0 Å². The van der Waals surface area contributed by atoms with Crippen molar-refractivity contribution in [3.05, 3.63) is 188 Å². The highest BCUT2D eigenvalue weighted by Crippen LogP contribution is 2.47. The molecular weight excluding hydrogens is 663 g/mol. The van der Waals surface area contributed by atoms with Gasteiger partial charge in [0.15, 0.2) is 0 Å². The van der Waals surface area contributed by atoms with Crippen molar-refractivity contribution in [2.75, 3.05) is 4.90 Å². The molecule has 0 N–H and O–H groups in total. The number of thiophene rings is 1. The Morgan fingerprint density at radius 2 is 1.06 bits per heavy atom. The zero-order chi connectivity index (χ0) is 34.9. The maximum atomic E-state index is 6.51. The third-order valence-corrected chi connectivity index (χ3v) is 11.8. The van der Waals surface area contributed by atoms with Crippen molar-refractivity contribution >= 4 is 92.1 Å². The summed E-state index contributed by atoms with van der Waals surface area (Å²) < 4.78 is 9.12. The molecule has 0 saturated carbocycles. The molecule has 9 aromatic carbocycles. The smallest absolute Gasteiger partial charge is 0.137 e. The van der Waals surface area contributed by atoms with E-state index in [1.54, 1.807) is 0 Å². The summed E-state index contributed by atoms with van der Waals surface area (Å²) >= 11 is 1.87. The molecule has 0 fully saturated rings. The quantitative estimate of drug-likeness (QED) is 0.167.